The van der Waals surface area contributed by atoms with Crippen LogP contribution in [0.15, 0.2) is 42.5 Å². The Morgan fingerprint density at radius 3 is 2.79 bits per heavy atom. The second-order valence-electron chi connectivity index (χ2n) is 6.87. The van der Waals surface area contributed by atoms with E-state index in [-0.39, 0.29) is 11.9 Å². The van der Waals surface area contributed by atoms with Gasteiger partial charge in [0.2, 0.25) is 5.91 Å². The summed E-state index contributed by atoms with van der Waals surface area (Å²) in [5, 5.41) is 10.3. The van der Waals surface area contributed by atoms with Crippen LogP contribution in [0.3, 0.4) is 0 Å². The number of carbonyl (C=O) groups excluding carboxylic acids is 1. The van der Waals surface area contributed by atoms with Crippen LogP contribution in [-0.2, 0) is 4.79 Å². The van der Waals surface area contributed by atoms with Crippen molar-refractivity contribution < 1.29 is 14.3 Å². The van der Waals surface area contributed by atoms with Crippen LogP contribution >= 0.6 is 23.8 Å². The van der Waals surface area contributed by atoms with Gasteiger partial charge in [0.05, 0.1) is 12.6 Å². The van der Waals surface area contributed by atoms with Gasteiger partial charge in [-0.2, -0.15) is 0 Å². The molecular weight excluding hydrogens is 398 g/mol. The number of para-hydroxylation sites is 1. The van der Waals surface area contributed by atoms with Crippen molar-refractivity contribution in [3.05, 3.63) is 53.1 Å². The first kappa shape index (κ1) is 18.8. The maximum atomic E-state index is 13.2. The summed E-state index contributed by atoms with van der Waals surface area (Å²) >= 11 is 11.3. The molecule has 2 aliphatic rings. The molecule has 6 nitrogen and oxygen atoms in total. The highest BCUT2D eigenvalue weighted by molar-refractivity contribution is 7.80. The van der Waals surface area contributed by atoms with Gasteiger partial charge < -0.3 is 25.4 Å². The third kappa shape index (κ3) is 3.25. The molecule has 0 radical (unpaired) electrons. The number of anilines is 1. The van der Waals surface area contributed by atoms with Gasteiger partial charge in [-0.1, -0.05) is 23.7 Å². The number of rotatable bonds is 4. The molecule has 28 heavy (non-hydrogen) atoms. The number of hydrogen-bond donors (Lipinski definition) is 3. The summed E-state index contributed by atoms with van der Waals surface area (Å²) in [5.74, 6) is 0.503. The molecule has 2 aromatic carbocycles. The van der Waals surface area contributed by atoms with Crippen LogP contribution in [0.2, 0.25) is 5.02 Å². The lowest BCUT2D eigenvalue weighted by atomic mass is 9.79. The van der Waals surface area contributed by atoms with Gasteiger partial charge in [0, 0.05) is 16.3 Å². The molecule has 2 aromatic rings. The summed E-state index contributed by atoms with van der Waals surface area (Å²) < 4.78 is 12.0. The van der Waals surface area contributed by atoms with Crippen LogP contribution in [0.5, 0.6) is 11.5 Å². The van der Waals surface area contributed by atoms with Crippen molar-refractivity contribution in [1.29, 1.82) is 0 Å². The van der Waals surface area contributed by atoms with E-state index < -0.39 is 11.6 Å². The highest BCUT2D eigenvalue weighted by atomic mass is 35.5. The van der Waals surface area contributed by atoms with Crippen molar-refractivity contribution in [2.24, 2.45) is 5.92 Å². The van der Waals surface area contributed by atoms with E-state index >= 15 is 0 Å². The van der Waals surface area contributed by atoms with Crippen molar-refractivity contribution in [3.8, 4) is 11.5 Å². The topological polar surface area (TPSA) is 71.6 Å². The van der Waals surface area contributed by atoms with Crippen molar-refractivity contribution in [2.45, 2.75) is 25.6 Å². The molecule has 2 aliphatic heterocycles. The zero-order valence-corrected chi connectivity index (χ0v) is 17.0. The minimum absolute atomic E-state index is 0.190. The molecular formula is C20H20ClN3O3S. The largest absolute Gasteiger partial charge is 0.490 e. The van der Waals surface area contributed by atoms with E-state index in [0.717, 1.165) is 5.56 Å². The summed E-state index contributed by atoms with van der Waals surface area (Å²) in [7, 11) is 0. The first-order chi connectivity index (χ1) is 13.4. The summed E-state index contributed by atoms with van der Waals surface area (Å²) in [6.45, 7) is 4.25. The average Bonchev–Trinajstić information content (AvgIpc) is 2.63. The maximum absolute atomic E-state index is 13.2. The Morgan fingerprint density at radius 2 is 2.07 bits per heavy atom. The van der Waals surface area contributed by atoms with Gasteiger partial charge in [0.25, 0.3) is 0 Å². The van der Waals surface area contributed by atoms with Crippen LogP contribution in [0.4, 0.5) is 5.69 Å². The third-order valence-electron chi connectivity index (χ3n) is 4.93. The predicted molar refractivity (Wildman–Crippen MR) is 112 cm³/mol. The molecule has 2 bridgehead atoms. The Kier molecular flexibility index (Phi) is 4.81. The fraction of sp³-hybridized carbons (Fsp3) is 0.300. The van der Waals surface area contributed by atoms with Crippen molar-refractivity contribution in [1.82, 2.24) is 10.6 Å². The highest BCUT2D eigenvalue weighted by Crippen LogP contribution is 2.48. The molecule has 1 amide bonds. The summed E-state index contributed by atoms with van der Waals surface area (Å²) in [5.41, 5.74) is 0.472. The smallest absolute Gasteiger partial charge is 0.236 e. The molecule has 0 aromatic heterocycles. The van der Waals surface area contributed by atoms with E-state index in [1.807, 2.05) is 32.0 Å². The predicted octanol–water partition coefficient (Wildman–Crippen LogP) is 3.62. The lowest BCUT2D eigenvalue weighted by Gasteiger charge is -2.50. The SMILES string of the molecule is CCOc1cccc2c1O[C@@]1(C)NC(=S)N[C@@H]2[C@@H]1C(=O)Nc1ccc(Cl)cc1. The monoisotopic (exact) mass is 417 g/mol. The minimum Gasteiger partial charge on any atom is -0.490 e. The summed E-state index contributed by atoms with van der Waals surface area (Å²) in [6, 6.07) is 12.3. The fourth-order valence-electron chi connectivity index (χ4n) is 3.75. The normalized spacial score (nSPS) is 24.9. The summed E-state index contributed by atoms with van der Waals surface area (Å²) in [4.78, 5) is 13.2. The Balaban J connectivity index is 1.72. The standard InChI is InChI=1S/C20H20ClN3O3S/c1-3-26-14-6-4-5-13-16-15(18(25)22-12-9-7-11(21)8-10-12)20(2,27-17(13)14)24-19(28)23-16/h4-10,15-16H,3H2,1-2H3,(H,22,25)(H2,23,24,28)/t15-,16+,20-/m1/s1. The van der Waals surface area contributed by atoms with E-state index in [0.29, 0.717) is 33.9 Å². The van der Waals surface area contributed by atoms with Gasteiger partial charge in [-0.05, 0) is 56.4 Å². The molecule has 146 valence electrons. The minimum atomic E-state index is -1.02. The lowest BCUT2D eigenvalue weighted by Crippen LogP contribution is -2.70. The maximum Gasteiger partial charge on any atom is 0.236 e. The van der Waals surface area contributed by atoms with Gasteiger partial charge >= 0.3 is 0 Å². The highest BCUT2D eigenvalue weighted by Gasteiger charge is 2.55. The molecule has 3 atom stereocenters. The molecule has 0 unspecified atom stereocenters. The number of fused-ring (bicyclic) bond motifs is 4. The first-order valence-corrected chi connectivity index (χ1v) is 9.80. The number of ether oxygens (including phenoxy) is 2. The lowest BCUT2D eigenvalue weighted by molar-refractivity contribution is -0.132. The van der Waals surface area contributed by atoms with Gasteiger partial charge in [0.15, 0.2) is 22.3 Å². The quantitative estimate of drug-likeness (QED) is 0.660. The first-order valence-electron chi connectivity index (χ1n) is 9.01. The number of halogens is 1. The van der Waals surface area contributed by atoms with Gasteiger partial charge in [-0.15, -0.1) is 0 Å². The van der Waals surface area contributed by atoms with Crippen LogP contribution in [0.25, 0.3) is 0 Å². The van der Waals surface area contributed by atoms with E-state index in [1.54, 1.807) is 24.3 Å². The number of amides is 1. The van der Waals surface area contributed by atoms with Crippen LogP contribution in [-0.4, -0.2) is 23.4 Å². The van der Waals surface area contributed by atoms with Crippen LogP contribution < -0.4 is 25.4 Å². The molecule has 4 rings (SSSR count). The average molecular weight is 418 g/mol. The van der Waals surface area contributed by atoms with Crippen molar-refractivity contribution >= 4 is 40.5 Å². The van der Waals surface area contributed by atoms with E-state index in [4.69, 9.17) is 33.3 Å². The molecule has 3 N–H and O–H groups in total. The Bertz CT molecular complexity index is 937. The number of carbonyl (C=O) groups is 1. The number of nitrogens with one attached hydrogen (secondary N) is 3. The second-order valence-corrected chi connectivity index (χ2v) is 7.71. The molecule has 8 heteroatoms. The van der Waals surface area contributed by atoms with Crippen LogP contribution in [0.1, 0.15) is 25.5 Å². The fourth-order valence-corrected chi connectivity index (χ4v) is 4.21. The Hall–Kier alpha value is -2.51. The molecule has 1 fully saturated rings. The Morgan fingerprint density at radius 1 is 1.32 bits per heavy atom. The van der Waals surface area contributed by atoms with Crippen LogP contribution in [0, 0.1) is 5.92 Å². The zero-order valence-electron chi connectivity index (χ0n) is 15.4. The van der Waals surface area contributed by atoms with E-state index in [2.05, 4.69) is 16.0 Å². The van der Waals surface area contributed by atoms with E-state index in [1.165, 1.54) is 0 Å². The van der Waals surface area contributed by atoms with E-state index in [9.17, 15) is 4.79 Å². The molecule has 2 heterocycles. The second kappa shape index (κ2) is 7.14. The zero-order chi connectivity index (χ0) is 19.9. The Labute approximate surface area is 173 Å². The third-order valence-corrected chi connectivity index (χ3v) is 5.40. The molecule has 0 aliphatic carbocycles. The number of benzene rings is 2. The van der Waals surface area contributed by atoms with Gasteiger partial charge in [-0.25, -0.2) is 0 Å². The van der Waals surface area contributed by atoms with Gasteiger partial charge in [0.1, 0.15) is 5.92 Å². The molecule has 0 saturated carbocycles. The van der Waals surface area contributed by atoms with Crippen molar-refractivity contribution in [3.63, 3.8) is 0 Å². The summed E-state index contributed by atoms with van der Waals surface area (Å²) in [6.07, 6.45) is 0. The molecule has 0 spiro atoms. The molecule has 1 saturated heterocycles. The van der Waals surface area contributed by atoms with Crippen molar-refractivity contribution in [2.75, 3.05) is 11.9 Å². The number of hydrogen-bond acceptors (Lipinski definition) is 4. The van der Waals surface area contributed by atoms with Gasteiger partial charge in [-0.3, -0.25) is 4.79 Å². The number of thiocarbonyl (C=S) groups is 1.